The molecule has 2 N–H and O–H groups in total. The quantitative estimate of drug-likeness (QED) is 0.568. The number of hydroxylamine groups is 1. The Morgan fingerprint density at radius 3 is 3.11 bits per heavy atom. The molecule has 96 valence electrons. The molecule has 6 heteroatoms. The fraction of sp³-hybridized carbons (Fsp3) is 0.0769. The van der Waals surface area contributed by atoms with Crippen molar-refractivity contribution in [2.45, 2.75) is 6.54 Å². The number of thiophene rings is 1. The Morgan fingerprint density at radius 2 is 2.37 bits per heavy atom. The molecular weight excluding hydrogens is 262 g/mol. The fourth-order valence-electron chi connectivity index (χ4n) is 1.97. The molecule has 0 aliphatic heterocycles. The topological polar surface area (TPSA) is 67.2 Å². The highest BCUT2D eigenvalue weighted by Crippen LogP contribution is 2.17. The van der Waals surface area contributed by atoms with Crippen LogP contribution in [0.3, 0.4) is 0 Å². The first-order chi connectivity index (χ1) is 9.28. The van der Waals surface area contributed by atoms with Crippen LogP contribution in [0.5, 0.6) is 0 Å². The van der Waals surface area contributed by atoms with Gasteiger partial charge in [0.25, 0.3) is 5.91 Å². The number of amides is 1. The lowest BCUT2D eigenvalue weighted by molar-refractivity contribution is 0.0706. The van der Waals surface area contributed by atoms with Crippen molar-refractivity contribution in [3.63, 3.8) is 0 Å². The molecule has 0 aliphatic carbocycles. The van der Waals surface area contributed by atoms with E-state index in [2.05, 4.69) is 16.4 Å². The molecule has 3 rings (SSSR count). The summed E-state index contributed by atoms with van der Waals surface area (Å²) in [6.07, 6.45) is 3.39. The van der Waals surface area contributed by atoms with Gasteiger partial charge in [-0.15, -0.1) is 0 Å². The van der Waals surface area contributed by atoms with Crippen molar-refractivity contribution < 1.29 is 10.0 Å². The molecule has 0 fully saturated rings. The smallest absolute Gasteiger partial charge is 0.276 e. The van der Waals surface area contributed by atoms with Gasteiger partial charge < -0.3 is 4.57 Å². The predicted molar refractivity (Wildman–Crippen MR) is 72.4 cm³/mol. The van der Waals surface area contributed by atoms with Crippen LogP contribution in [0.4, 0.5) is 0 Å². The van der Waals surface area contributed by atoms with Crippen molar-refractivity contribution in [1.82, 2.24) is 15.0 Å². The molecule has 0 spiro atoms. The Kier molecular flexibility index (Phi) is 3.02. The second-order valence-corrected chi connectivity index (χ2v) is 4.92. The van der Waals surface area contributed by atoms with E-state index in [1.54, 1.807) is 22.9 Å². The third-order valence-corrected chi connectivity index (χ3v) is 3.65. The summed E-state index contributed by atoms with van der Waals surface area (Å²) in [6, 6.07) is 5.69. The highest BCUT2D eigenvalue weighted by atomic mass is 32.1. The molecule has 3 aromatic heterocycles. The Balaban J connectivity index is 2.03. The molecule has 0 saturated carbocycles. The van der Waals surface area contributed by atoms with Crippen molar-refractivity contribution >= 4 is 28.3 Å². The van der Waals surface area contributed by atoms with Crippen LogP contribution in [0.25, 0.3) is 11.0 Å². The number of carbonyl (C=O) groups is 1. The summed E-state index contributed by atoms with van der Waals surface area (Å²) in [4.78, 5) is 15.6. The molecule has 0 saturated heterocycles. The van der Waals surface area contributed by atoms with Crippen LogP contribution in [0.15, 0.2) is 41.4 Å². The Labute approximate surface area is 113 Å². The van der Waals surface area contributed by atoms with E-state index >= 15 is 0 Å². The van der Waals surface area contributed by atoms with Crippen LogP contribution in [-0.4, -0.2) is 20.7 Å². The Hall–Kier alpha value is -2.18. The summed E-state index contributed by atoms with van der Waals surface area (Å²) < 4.78 is 2.03. The van der Waals surface area contributed by atoms with Gasteiger partial charge in [0.1, 0.15) is 0 Å². The zero-order valence-electron chi connectivity index (χ0n) is 9.91. The van der Waals surface area contributed by atoms with Gasteiger partial charge in [-0.25, -0.2) is 5.48 Å². The molecular formula is C13H11N3O2S. The average Bonchev–Trinajstić information content (AvgIpc) is 3.08. The van der Waals surface area contributed by atoms with Gasteiger partial charge in [-0.1, -0.05) is 0 Å². The number of nitrogens with one attached hydrogen (secondary N) is 1. The maximum Gasteiger partial charge on any atom is 0.276 e. The molecule has 0 atom stereocenters. The second kappa shape index (κ2) is 4.83. The van der Waals surface area contributed by atoms with Crippen LogP contribution in [-0.2, 0) is 6.54 Å². The van der Waals surface area contributed by atoms with E-state index in [0.29, 0.717) is 5.56 Å². The number of rotatable bonds is 3. The summed E-state index contributed by atoms with van der Waals surface area (Å²) in [7, 11) is 0. The third kappa shape index (κ3) is 2.23. The van der Waals surface area contributed by atoms with Crippen molar-refractivity contribution in [1.29, 1.82) is 0 Å². The zero-order chi connectivity index (χ0) is 13.2. The van der Waals surface area contributed by atoms with E-state index in [4.69, 9.17) is 5.21 Å². The fourth-order valence-corrected chi connectivity index (χ4v) is 2.63. The van der Waals surface area contributed by atoms with Gasteiger partial charge in [0.2, 0.25) is 0 Å². The van der Waals surface area contributed by atoms with Gasteiger partial charge in [0, 0.05) is 18.9 Å². The lowest BCUT2D eigenvalue weighted by Gasteiger charge is -2.04. The van der Waals surface area contributed by atoms with Crippen molar-refractivity contribution in [2.75, 3.05) is 0 Å². The lowest BCUT2D eigenvalue weighted by Crippen LogP contribution is -2.18. The van der Waals surface area contributed by atoms with Crippen molar-refractivity contribution in [3.05, 3.63) is 52.5 Å². The summed E-state index contributed by atoms with van der Waals surface area (Å²) in [5.41, 5.74) is 4.85. The van der Waals surface area contributed by atoms with Gasteiger partial charge in [-0.2, -0.15) is 11.3 Å². The molecule has 3 heterocycles. The number of hydrogen-bond donors (Lipinski definition) is 2. The van der Waals surface area contributed by atoms with Crippen LogP contribution in [0.2, 0.25) is 0 Å². The minimum absolute atomic E-state index is 0.334. The predicted octanol–water partition coefficient (Wildman–Crippen LogP) is 2.27. The molecule has 0 bridgehead atoms. The molecule has 0 unspecified atom stereocenters. The minimum Gasteiger partial charge on any atom is -0.342 e. The van der Waals surface area contributed by atoms with Crippen LogP contribution in [0.1, 0.15) is 15.9 Å². The SMILES string of the molecule is O=C(NO)c1cnc2ccn(Cc3ccsc3)c2c1. The average molecular weight is 273 g/mol. The monoisotopic (exact) mass is 273 g/mol. The standard InChI is InChI=1S/C13H11N3O2S/c17-13(15-18)10-5-12-11(14-6-10)1-3-16(12)7-9-2-4-19-8-9/h1-6,8,18H,7H2,(H,15,17). The van der Waals surface area contributed by atoms with Crippen molar-refractivity contribution in [2.24, 2.45) is 0 Å². The van der Waals surface area contributed by atoms with E-state index < -0.39 is 5.91 Å². The van der Waals surface area contributed by atoms with E-state index in [9.17, 15) is 4.79 Å². The number of carbonyl (C=O) groups excluding carboxylic acids is 1. The number of pyridine rings is 1. The summed E-state index contributed by atoms with van der Waals surface area (Å²) >= 11 is 1.65. The first-order valence-corrected chi connectivity index (χ1v) is 6.62. The van der Waals surface area contributed by atoms with E-state index in [1.165, 1.54) is 11.8 Å². The normalized spacial score (nSPS) is 10.8. The van der Waals surface area contributed by atoms with Crippen LogP contribution in [0, 0.1) is 0 Å². The number of hydrogen-bond acceptors (Lipinski definition) is 4. The molecule has 0 radical (unpaired) electrons. The molecule has 3 aromatic rings. The van der Waals surface area contributed by atoms with Gasteiger partial charge in [0.15, 0.2) is 0 Å². The molecule has 0 aromatic carbocycles. The molecule has 1 amide bonds. The maximum atomic E-state index is 11.4. The maximum absolute atomic E-state index is 11.4. The first-order valence-electron chi connectivity index (χ1n) is 5.68. The molecule has 0 aliphatic rings. The molecule has 19 heavy (non-hydrogen) atoms. The highest BCUT2D eigenvalue weighted by molar-refractivity contribution is 7.07. The number of aromatic nitrogens is 2. The first kappa shape index (κ1) is 11.9. The number of nitrogens with zero attached hydrogens (tertiary/aromatic N) is 2. The van der Waals surface area contributed by atoms with Gasteiger partial charge in [-0.05, 0) is 34.5 Å². The zero-order valence-corrected chi connectivity index (χ0v) is 10.7. The Bertz CT molecular complexity index is 719. The van der Waals surface area contributed by atoms with E-state index in [1.807, 2.05) is 22.2 Å². The van der Waals surface area contributed by atoms with E-state index in [0.717, 1.165) is 17.6 Å². The van der Waals surface area contributed by atoms with Gasteiger partial charge in [0.05, 0.1) is 16.6 Å². The van der Waals surface area contributed by atoms with Gasteiger partial charge in [-0.3, -0.25) is 15.0 Å². The second-order valence-electron chi connectivity index (χ2n) is 4.14. The summed E-state index contributed by atoms with van der Waals surface area (Å²) in [6.45, 7) is 0.735. The van der Waals surface area contributed by atoms with Crippen molar-refractivity contribution in [3.8, 4) is 0 Å². The van der Waals surface area contributed by atoms with Gasteiger partial charge >= 0.3 is 0 Å². The highest BCUT2D eigenvalue weighted by Gasteiger charge is 2.09. The van der Waals surface area contributed by atoms with Crippen LogP contribution < -0.4 is 5.48 Å². The Morgan fingerprint density at radius 1 is 1.47 bits per heavy atom. The summed E-state index contributed by atoms with van der Waals surface area (Å²) in [5, 5.41) is 12.8. The molecule has 5 nitrogen and oxygen atoms in total. The minimum atomic E-state index is -0.558. The van der Waals surface area contributed by atoms with Crippen LogP contribution >= 0.6 is 11.3 Å². The lowest BCUT2D eigenvalue weighted by atomic mass is 10.2. The third-order valence-electron chi connectivity index (χ3n) is 2.92. The van der Waals surface area contributed by atoms with E-state index in [-0.39, 0.29) is 0 Å². The summed E-state index contributed by atoms with van der Waals surface area (Å²) in [5.74, 6) is -0.558. The number of fused-ring (bicyclic) bond motifs is 1. The largest absolute Gasteiger partial charge is 0.342 e.